The number of anilines is 1. The van der Waals surface area contributed by atoms with Gasteiger partial charge in [-0.2, -0.15) is 13.2 Å². The largest absolute Gasteiger partial charge is 0.483 e. The number of amides is 1. The summed E-state index contributed by atoms with van der Waals surface area (Å²) in [5.74, 6) is -0.491. The molecule has 3 rings (SSSR count). The van der Waals surface area contributed by atoms with E-state index in [0.717, 1.165) is 6.07 Å². The van der Waals surface area contributed by atoms with Gasteiger partial charge in [0.1, 0.15) is 11.3 Å². The Morgan fingerprint density at radius 3 is 2.76 bits per heavy atom. The van der Waals surface area contributed by atoms with Gasteiger partial charge >= 0.3 is 6.18 Å². The van der Waals surface area contributed by atoms with E-state index in [4.69, 9.17) is 9.15 Å². The molecule has 0 saturated heterocycles. The number of hydrogen-bond donors (Lipinski definition) is 1. The van der Waals surface area contributed by atoms with Crippen molar-refractivity contribution in [2.75, 3.05) is 11.9 Å². The summed E-state index contributed by atoms with van der Waals surface area (Å²) in [7, 11) is 0. The Bertz CT molecular complexity index is 919. The average Bonchev–Trinajstić information content (AvgIpc) is 2.91. The third-order valence-corrected chi connectivity index (χ3v) is 3.33. The first-order valence-corrected chi connectivity index (χ1v) is 7.29. The molecule has 0 aliphatic rings. The van der Waals surface area contributed by atoms with Crippen molar-refractivity contribution in [2.45, 2.75) is 13.1 Å². The molecule has 0 bridgehead atoms. The van der Waals surface area contributed by atoms with Crippen LogP contribution < -0.4 is 10.1 Å². The minimum Gasteiger partial charge on any atom is -0.483 e. The minimum absolute atomic E-state index is 0.396. The Kier molecular flexibility index (Phi) is 4.35. The first-order chi connectivity index (χ1) is 11.8. The topological polar surface area (TPSA) is 64.4 Å². The van der Waals surface area contributed by atoms with E-state index in [-0.39, 0.29) is 0 Å². The minimum atomic E-state index is -4.55. The molecular formula is C17H13F3N2O3. The molecule has 0 aliphatic heterocycles. The first kappa shape index (κ1) is 16.8. The molecule has 25 heavy (non-hydrogen) atoms. The molecule has 0 unspecified atom stereocenters. The number of nitrogens with one attached hydrogen (secondary N) is 1. The van der Waals surface area contributed by atoms with Crippen LogP contribution in [0.4, 0.5) is 18.9 Å². The lowest BCUT2D eigenvalue weighted by Gasteiger charge is -2.13. The molecule has 0 fully saturated rings. The summed E-state index contributed by atoms with van der Waals surface area (Å²) in [6.45, 7) is 1.15. The first-order valence-electron chi connectivity index (χ1n) is 7.29. The van der Waals surface area contributed by atoms with Gasteiger partial charge in [0.05, 0.1) is 5.56 Å². The van der Waals surface area contributed by atoms with E-state index in [1.54, 1.807) is 25.1 Å². The third kappa shape index (κ3) is 3.90. The fourth-order valence-corrected chi connectivity index (χ4v) is 2.29. The molecule has 1 N–H and O–H groups in total. The van der Waals surface area contributed by atoms with E-state index in [0.29, 0.717) is 22.7 Å². The molecule has 0 aliphatic carbocycles. The van der Waals surface area contributed by atoms with E-state index in [9.17, 15) is 18.0 Å². The van der Waals surface area contributed by atoms with Crippen molar-refractivity contribution in [3.8, 4) is 5.75 Å². The Morgan fingerprint density at radius 1 is 1.24 bits per heavy atom. The van der Waals surface area contributed by atoms with Crippen molar-refractivity contribution >= 4 is 22.7 Å². The Hall–Kier alpha value is -3.03. The van der Waals surface area contributed by atoms with Crippen molar-refractivity contribution in [2.24, 2.45) is 0 Å². The van der Waals surface area contributed by atoms with Crippen LogP contribution in [0.25, 0.3) is 11.1 Å². The van der Waals surface area contributed by atoms with Gasteiger partial charge in [0.15, 0.2) is 18.1 Å². The smallest absolute Gasteiger partial charge is 0.419 e. The van der Waals surface area contributed by atoms with Gasteiger partial charge in [0.2, 0.25) is 0 Å². The van der Waals surface area contributed by atoms with E-state index in [1.165, 1.54) is 18.2 Å². The van der Waals surface area contributed by atoms with Gasteiger partial charge < -0.3 is 14.5 Å². The molecule has 1 heterocycles. The van der Waals surface area contributed by atoms with Crippen LogP contribution in [0.2, 0.25) is 0 Å². The Labute approximate surface area is 140 Å². The number of rotatable bonds is 4. The van der Waals surface area contributed by atoms with Crippen LogP contribution >= 0.6 is 0 Å². The van der Waals surface area contributed by atoms with E-state index < -0.39 is 30.0 Å². The number of hydrogen-bond acceptors (Lipinski definition) is 4. The maximum atomic E-state index is 12.9. The van der Waals surface area contributed by atoms with Crippen LogP contribution in [-0.4, -0.2) is 17.5 Å². The van der Waals surface area contributed by atoms with Crippen LogP contribution in [0.3, 0.4) is 0 Å². The molecule has 1 aromatic heterocycles. The number of carbonyl (C=O) groups is 1. The number of oxazole rings is 1. The highest BCUT2D eigenvalue weighted by molar-refractivity contribution is 5.93. The molecule has 0 saturated carbocycles. The Morgan fingerprint density at radius 2 is 2.00 bits per heavy atom. The maximum Gasteiger partial charge on any atom is 0.419 e. The molecule has 130 valence electrons. The molecular weight excluding hydrogens is 337 g/mol. The number of ether oxygens (including phenoxy) is 1. The van der Waals surface area contributed by atoms with Gasteiger partial charge in [-0.1, -0.05) is 12.1 Å². The second-order valence-electron chi connectivity index (χ2n) is 5.25. The number of nitrogens with zero attached hydrogens (tertiary/aromatic N) is 1. The number of para-hydroxylation sites is 1. The number of aryl methyl sites for hydroxylation is 1. The summed E-state index contributed by atoms with van der Waals surface area (Å²) < 4.78 is 49.0. The van der Waals surface area contributed by atoms with Crippen molar-refractivity contribution in [1.82, 2.24) is 4.98 Å². The van der Waals surface area contributed by atoms with Gasteiger partial charge in [-0.15, -0.1) is 0 Å². The molecule has 0 atom stereocenters. The third-order valence-electron chi connectivity index (χ3n) is 3.33. The number of fused-ring (bicyclic) bond motifs is 1. The predicted molar refractivity (Wildman–Crippen MR) is 84.3 cm³/mol. The summed E-state index contributed by atoms with van der Waals surface area (Å²) in [5.41, 5.74) is 0.658. The molecule has 0 spiro atoms. The van der Waals surface area contributed by atoms with Gasteiger partial charge in [-0.05, 0) is 30.3 Å². The highest BCUT2D eigenvalue weighted by atomic mass is 19.4. The van der Waals surface area contributed by atoms with E-state index in [1.807, 2.05) is 0 Å². The highest BCUT2D eigenvalue weighted by Crippen LogP contribution is 2.35. The quantitative estimate of drug-likeness (QED) is 0.767. The number of alkyl halides is 3. The maximum absolute atomic E-state index is 12.9. The molecule has 1 amide bonds. The zero-order valence-electron chi connectivity index (χ0n) is 13.1. The lowest BCUT2D eigenvalue weighted by Crippen LogP contribution is -2.21. The van der Waals surface area contributed by atoms with Crippen LogP contribution in [0.1, 0.15) is 11.5 Å². The number of benzene rings is 2. The van der Waals surface area contributed by atoms with Gasteiger partial charge in [0, 0.05) is 12.6 Å². The lowest BCUT2D eigenvalue weighted by atomic mass is 10.2. The summed E-state index contributed by atoms with van der Waals surface area (Å²) in [5, 5.41) is 2.54. The van der Waals surface area contributed by atoms with Gasteiger partial charge in [0.25, 0.3) is 5.91 Å². The van der Waals surface area contributed by atoms with Crippen molar-refractivity contribution in [3.05, 3.63) is 53.9 Å². The fourth-order valence-electron chi connectivity index (χ4n) is 2.29. The van der Waals surface area contributed by atoms with Crippen molar-refractivity contribution < 1.29 is 27.1 Å². The lowest BCUT2D eigenvalue weighted by molar-refractivity contribution is -0.139. The van der Waals surface area contributed by atoms with Crippen LogP contribution in [0, 0.1) is 6.92 Å². The summed E-state index contributed by atoms with van der Waals surface area (Å²) in [4.78, 5) is 16.1. The summed E-state index contributed by atoms with van der Waals surface area (Å²) in [6.07, 6.45) is -4.55. The van der Waals surface area contributed by atoms with Crippen LogP contribution in [-0.2, 0) is 11.0 Å². The molecule has 0 radical (unpaired) electrons. The fraction of sp³-hybridized carbons (Fsp3) is 0.176. The standard InChI is InChI=1S/C17H13F3N2O3/c1-10-21-13-8-11(6-7-15(13)25-10)22-16(23)9-24-14-5-3-2-4-12(14)17(18,19)20/h2-8H,9H2,1H3,(H,22,23). The molecule has 8 heteroatoms. The summed E-state index contributed by atoms with van der Waals surface area (Å²) in [6, 6.07) is 9.58. The second kappa shape index (κ2) is 6.46. The second-order valence-corrected chi connectivity index (χ2v) is 5.25. The van der Waals surface area contributed by atoms with Gasteiger partial charge in [-0.25, -0.2) is 4.98 Å². The Balaban J connectivity index is 1.67. The average molecular weight is 350 g/mol. The van der Waals surface area contributed by atoms with E-state index >= 15 is 0 Å². The van der Waals surface area contributed by atoms with Crippen LogP contribution in [0.5, 0.6) is 5.75 Å². The van der Waals surface area contributed by atoms with Crippen molar-refractivity contribution in [1.29, 1.82) is 0 Å². The van der Waals surface area contributed by atoms with Crippen molar-refractivity contribution in [3.63, 3.8) is 0 Å². The van der Waals surface area contributed by atoms with Gasteiger partial charge in [-0.3, -0.25) is 4.79 Å². The summed E-state index contributed by atoms with van der Waals surface area (Å²) >= 11 is 0. The normalized spacial score (nSPS) is 11.5. The zero-order chi connectivity index (χ0) is 18.0. The molecule has 2 aromatic carbocycles. The monoisotopic (exact) mass is 350 g/mol. The zero-order valence-corrected chi connectivity index (χ0v) is 13.1. The molecule has 5 nitrogen and oxygen atoms in total. The number of carbonyl (C=O) groups excluding carboxylic acids is 1. The van der Waals surface area contributed by atoms with Crippen LogP contribution in [0.15, 0.2) is 46.9 Å². The SMILES string of the molecule is Cc1nc2cc(NC(=O)COc3ccccc3C(F)(F)F)ccc2o1. The highest BCUT2D eigenvalue weighted by Gasteiger charge is 2.34. The number of aromatic nitrogens is 1. The molecule has 3 aromatic rings. The number of halogens is 3. The predicted octanol–water partition coefficient (Wildman–Crippen LogP) is 4.17. The van der Waals surface area contributed by atoms with E-state index in [2.05, 4.69) is 10.3 Å².